The fourth-order valence-electron chi connectivity index (χ4n) is 3.08. The first-order chi connectivity index (χ1) is 12.6. The van der Waals surface area contributed by atoms with Crippen molar-refractivity contribution in [3.05, 3.63) is 95.2 Å². The van der Waals surface area contributed by atoms with E-state index >= 15 is 0 Å². The number of furan rings is 1. The Morgan fingerprint density at radius 2 is 1.88 bits per heavy atom. The van der Waals surface area contributed by atoms with E-state index in [-0.39, 0.29) is 5.56 Å². The second-order valence-electron chi connectivity index (χ2n) is 6.28. The van der Waals surface area contributed by atoms with E-state index in [2.05, 4.69) is 5.10 Å². The molecule has 0 saturated heterocycles. The third-order valence-corrected chi connectivity index (χ3v) is 4.48. The van der Waals surface area contributed by atoms with Crippen molar-refractivity contribution in [2.24, 2.45) is 5.10 Å². The second-order valence-corrected chi connectivity index (χ2v) is 6.28. The molecule has 1 amide bonds. The molecular formula is C21H17FN2O2. The van der Waals surface area contributed by atoms with Crippen LogP contribution in [0.5, 0.6) is 0 Å². The Balaban J connectivity index is 1.73. The number of hydrazone groups is 1. The van der Waals surface area contributed by atoms with Gasteiger partial charge in [0.2, 0.25) is 0 Å². The van der Waals surface area contributed by atoms with Crippen LogP contribution in [0, 0.1) is 12.7 Å². The van der Waals surface area contributed by atoms with Crippen LogP contribution >= 0.6 is 0 Å². The van der Waals surface area contributed by atoms with E-state index in [9.17, 15) is 9.18 Å². The van der Waals surface area contributed by atoms with Gasteiger partial charge in [-0.05, 0) is 36.8 Å². The fraction of sp³-hybridized carbons (Fsp3) is 0.143. The Morgan fingerprint density at radius 3 is 2.58 bits per heavy atom. The molecule has 0 aliphatic carbocycles. The summed E-state index contributed by atoms with van der Waals surface area (Å²) < 4.78 is 19.6. The van der Waals surface area contributed by atoms with E-state index in [1.807, 2.05) is 31.2 Å². The molecule has 0 radical (unpaired) electrons. The van der Waals surface area contributed by atoms with Gasteiger partial charge in [-0.1, -0.05) is 42.0 Å². The summed E-state index contributed by atoms with van der Waals surface area (Å²) in [5.41, 5.74) is 2.86. The smallest absolute Gasteiger partial charge is 0.277 e. The van der Waals surface area contributed by atoms with Crippen LogP contribution in [0.1, 0.15) is 39.7 Å². The molecule has 3 aromatic rings. The molecule has 26 heavy (non-hydrogen) atoms. The van der Waals surface area contributed by atoms with Gasteiger partial charge in [-0.25, -0.2) is 9.40 Å². The first kappa shape index (κ1) is 16.3. The maximum absolute atomic E-state index is 14.1. The van der Waals surface area contributed by atoms with Crippen molar-refractivity contribution in [2.45, 2.75) is 19.4 Å². The molecule has 4 nitrogen and oxygen atoms in total. The molecule has 1 aromatic heterocycles. The van der Waals surface area contributed by atoms with Gasteiger partial charge in [-0.15, -0.1) is 0 Å². The quantitative estimate of drug-likeness (QED) is 0.687. The summed E-state index contributed by atoms with van der Waals surface area (Å²) in [6.07, 6.45) is 2.07. The zero-order valence-electron chi connectivity index (χ0n) is 14.2. The van der Waals surface area contributed by atoms with Crippen molar-refractivity contribution in [1.29, 1.82) is 0 Å². The Bertz CT molecular complexity index is 962. The van der Waals surface area contributed by atoms with Crippen molar-refractivity contribution in [3.63, 3.8) is 0 Å². The Labute approximate surface area is 150 Å². The van der Waals surface area contributed by atoms with Gasteiger partial charge in [0, 0.05) is 6.42 Å². The number of carbonyl (C=O) groups is 1. The lowest BCUT2D eigenvalue weighted by Crippen LogP contribution is -2.27. The number of benzene rings is 2. The number of carbonyl (C=O) groups excluding carboxylic acids is 1. The highest BCUT2D eigenvalue weighted by molar-refractivity contribution is 6.05. The average molecular weight is 348 g/mol. The molecule has 4 rings (SSSR count). The zero-order chi connectivity index (χ0) is 18.1. The molecule has 0 bridgehead atoms. The molecule has 2 aromatic carbocycles. The van der Waals surface area contributed by atoms with Crippen LogP contribution in [-0.2, 0) is 0 Å². The van der Waals surface area contributed by atoms with Crippen LogP contribution in [0.15, 0.2) is 76.4 Å². The minimum Gasteiger partial charge on any atom is -0.467 e. The first-order valence-electron chi connectivity index (χ1n) is 8.39. The van der Waals surface area contributed by atoms with Crippen LogP contribution < -0.4 is 0 Å². The standard InChI is InChI=1S/C21H17FN2O2/c1-14-8-10-15(11-9-14)18-13-19(20-7-4-12-26-20)24(23-18)21(25)16-5-2-3-6-17(16)22/h2-12,19H,13H2,1H3/t19-/m1/s1. The normalized spacial score (nSPS) is 16.6. The lowest BCUT2D eigenvalue weighted by Gasteiger charge is -2.20. The van der Waals surface area contributed by atoms with Gasteiger partial charge in [-0.3, -0.25) is 4.79 Å². The van der Waals surface area contributed by atoms with E-state index < -0.39 is 17.8 Å². The summed E-state index contributed by atoms with van der Waals surface area (Å²) >= 11 is 0. The SMILES string of the molecule is Cc1ccc(C2=NN(C(=O)c3ccccc3F)[C@@H](c3ccco3)C2)cc1. The highest BCUT2D eigenvalue weighted by atomic mass is 19.1. The maximum atomic E-state index is 14.1. The third kappa shape index (κ3) is 2.92. The van der Waals surface area contributed by atoms with E-state index in [1.165, 1.54) is 17.1 Å². The summed E-state index contributed by atoms with van der Waals surface area (Å²) in [6.45, 7) is 2.01. The van der Waals surface area contributed by atoms with E-state index in [4.69, 9.17) is 4.42 Å². The van der Waals surface area contributed by atoms with Gasteiger partial charge < -0.3 is 4.42 Å². The second kappa shape index (κ2) is 6.59. The largest absolute Gasteiger partial charge is 0.467 e. The van der Waals surface area contributed by atoms with Crippen LogP contribution in [-0.4, -0.2) is 16.6 Å². The first-order valence-corrected chi connectivity index (χ1v) is 8.39. The van der Waals surface area contributed by atoms with Crippen molar-refractivity contribution in [1.82, 2.24) is 5.01 Å². The molecule has 0 N–H and O–H groups in total. The molecule has 5 heteroatoms. The molecule has 1 aliphatic rings. The van der Waals surface area contributed by atoms with E-state index in [1.54, 1.807) is 30.5 Å². The Kier molecular flexibility index (Phi) is 4.13. The molecule has 0 unspecified atom stereocenters. The highest BCUT2D eigenvalue weighted by Gasteiger charge is 2.36. The topological polar surface area (TPSA) is 45.8 Å². The van der Waals surface area contributed by atoms with E-state index in [0.717, 1.165) is 16.8 Å². The molecule has 2 heterocycles. The summed E-state index contributed by atoms with van der Waals surface area (Å²) in [5.74, 6) is -0.415. The lowest BCUT2D eigenvalue weighted by atomic mass is 10.0. The van der Waals surface area contributed by atoms with E-state index in [0.29, 0.717) is 12.2 Å². The molecule has 1 atom stereocenters. The minimum absolute atomic E-state index is 0.00189. The van der Waals surface area contributed by atoms with Crippen LogP contribution in [0.2, 0.25) is 0 Å². The summed E-state index contributed by atoms with van der Waals surface area (Å²) in [6, 6.07) is 17.1. The van der Waals surface area contributed by atoms with Crippen LogP contribution in [0.4, 0.5) is 4.39 Å². The predicted molar refractivity (Wildman–Crippen MR) is 96.4 cm³/mol. The minimum atomic E-state index is -0.560. The van der Waals surface area contributed by atoms with Gasteiger partial charge in [0.1, 0.15) is 17.6 Å². The van der Waals surface area contributed by atoms with Gasteiger partial charge >= 0.3 is 0 Å². The number of hydrogen-bond acceptors (Lipinski definition) is 3. The fourth-order valence-corrected chi connectivity index (χ4v) is 3.08. The summed E-state index contributed by atoms with van der Waals surface area (Å²) in [5, 5.41) is 5.84. The summed E-state index contributed by atoms with van der Waals surface area (Å²) in [4.78, 5) is 12.9. The van der Waals surface area contributed by atoms with Crippen molar-refractivity contribution < 1.29 is 13.6 Å². The Morgan fingerprint density at radius 1 is 1.12 bits per heavy atom. The zero-order valence-corrected chi connectivity index (χ0v) is 14.2. The third-order valence-electron chi connectivity index (χ3n) is 4.48. The van der Waals surface area contributed by atoms with Crippen LogP contribution in [0.25, 0.3) is 0 Å². The van der Waals surface area contributed by atoms with Crippen molar-refractivity contribution >= 4 is 11.6 Å². The number of rotatable bonds is 3. The predicted octanol–water partition coefficient (Wildman–Crippen LogP) is 4.72. The number of nitrogens with zero attached hydrogens (tertiary/aromatic N) is 2. The monoisotopic (exact) mass is 348 g/mol. The number of amides is 1. The maximum Gasteiger partial charge on any atom is 0.277 e. The van der Waals surface area contributed by atoms with Gasteiger partial charge in [0.15, 0.2) is 0 Å². The molecule has 0 spiro atoms. The molecule has 0 fully saturated rings. The van der Waals surface area contributed by atoms with Crippen molar-refractivity contribution in [2.75, 3.05) is 0 Å². The lowest BCUT2D eigenvalue weighted by molar-refractivity contribution is 0.0688. The average Bonchev–Trinajstić information content (AvgIpc) is 3.32. The van der Waals surface area contributed by atoms with Gasteiger partial charge in [0.25, 0.3) is 5.91 Å². The van der Waals surface area contributed by atoms with Gasteiger partial charge in [-0.2, -0.15) is 5.10 Å². The van der Waals surface area contributed by atoms with Crippen LogP contribution in [0.3, 0.4) is 0 Å². The van der Waals surface area contributed by atoms with Crippen molar-refractivity contribution in [3.8, 4) is 0 Å². The highest BCUT2D eigenvalue weighted by Crippen LogP contribution is 2.34. The van der Waals surface area contributed by atoms with Gasteiger partial charge in [0.05, 0.1) is 17.5 Å². The molecule has 0 saturated carbocycles. The molecule has 130 valence electrons. The number of hydrogen-bond donors (Lipinski definition) is 0. The number of aryl methyl sites for hydroxylation is 1. The summed E-state index contributed by atoms with van der Waals surface area (Å²) in [7, 11) is 0. The number of halogens is 1. The molecule has 1 aliphatic heterocycles. The Hall–Kier alpha value is -3.21. The molecular weight excluding hydrogens is 331 g/mol.